The fourth-order valence-corrected chi connectivity index (χ4v) is 3.87. The molecule has 5 rings (SSSR count). The molecule has 4 heterocycles. The maximum absolute atomic E-state index is 13.3. The lowest BCUT2D eigenvalue weighted by Crippen LogP contribution is -2.31. The summed E-state index contributed by atoms with van der Waals surface area (Å²) in [5, 5.41) is 4.30. The Labute approximate surface area is 156 Å². The summed E-state index contributed by atoms with van der Waals surface area (Å²) in [4.78, 5) is 27.7. The molecule has 1 aliphatic heterocycles. The number of nitrogens with zero attached hydrogens (tertiary/aromatic N) is 5. The van der Waals surface area contributed by atoms with E-state index >= 15 is 0 Å². The van der Waals surface area contributed by atoms with E-state index in [1.807, 2.05) is 24.1 Å². The normalized spacial score (nSPS) is 17.3. The zero-order valence-electron chi connectivity index (χ0n) is 15.3. The average Bonchev–Trinajstić information content (AvgIpc) is 3.37. The van der Waals surface area contributed by atoms with E-state index in [2.05, 4.69) is 34.1 Å². The van der Waals surface area contributed by atoms with Crippen molar-refractivity contribution in [3.8, 4) is 0 Å². The number of aromatic amines is 1. The standard InChI is InChI=1S/C20H20N6O/c1-12-5-6-15-16(8-12)24-18(23-15)17-4-3-7-25(17)20(27)14-10-22-26-11-13(2)9-21-19(14)26/h5-6,8-11,17H,3-4,7H2,1-2H3,(H,23,24)/t17-/m1/s1. The van der Waals surface area contributed by atoms with E-state index in [1.54, 1.807) is 16.9 Å². The molecular weight excluding hydrogens is 340 g/mol. The van der Waals surface area contributed by atoms with E-state index in [1.165, 1.54) is 5.56 Å². The van der Waals surface area contributed by atoms with Crippen LogP contribution in [0.3, 0.4) is 0 Å². The van der Waals surface area contributed by atoms with Gasteiger partial charge in [-0.2, -0.15) is 5.10 Å². The Bertz CT molecular complexity index is 1170. The van der Waals surface area contributed by atoms with E-state index in [9.17, 15) is 4.79 Å². The predicted molar refractivity (Wildman–Crippen MR) is 102 cm³/mol. The van der Waals surface area contributed by atoms with E-state index < -0.39 is 0 Å². The van der Waals surface area contributed by atoms with Gasteiger partial charge in [-0.3, -0.25) is 4.79 Å². The number of nitrogens with one attached hydrogen (secondary N) is 1. The smallest absolute Gasteiger partial charge is 0.259 e. The summed E-state index contributed by atoms with van der Waals surface area (Å²) in [6, 6.07) is 6.11. The van der Waals surface area contributed by atoms with Crippen molar-refractivity contribution in [3.63, 3.8) is 0 Å². The van der Waals surface area contributed by atoms with Crippen LogP contribution in [0.4, 0.5) is 0 Å². The number of carbonyl (C=O) groups excluding carboxylic acids is 1. The Morgan fingerprint density at radius 3 is 3.00 bits per heavy atom. The second-order valence-corrected chi connectivity index (χ2v) is 7.26. The molecule has 1 fully saturated rings. The fourth-order valence-electron chi connectivity index (χ4n) is 3.87. The van der Waals surface area contributed by atoms with E-state index in [0.717, 1.165) is 35.3 Å². The molecule has 1 N–H and O–H groups in total. The minimum atomic E-state index is -0.0504. The first-order chi connectivity index (χ1) is 13.1. The quantitative estimate of drug-likeness (QED) is 0.595. The van der Waals surface area contributed by atoms with Crippen molar-refractivity contribution in [2.24, 2.45) is 0 Å². The number of hydrogen-bond acceptors (Lipinski definition) is 4. The van der Waals surface area contributed by atoms with Gasteiger partial charge in [-0.05, 0) is 49.9 Å². The molecule has 7 heteroatoms. The lowest BCUT2D eigenvalue weighted by molar-refractivity contribution is 0.0732. The Morgan fingerprint density at radius 1 is 1.22 bits per heavy atom. The fraction of sp³-hybridized carbons (Fsp3) is 0.300. The van der Waals surface area contributed by atoms with Crippen LogP contribution in [-0.2, 0) is 0 Å². The number of hydrogen-bond donors (Lipinski definition) is 1. The molecule has 1 atom stereocenters. The van der Waals surface area contributed by atoms with Crippen LogP contribution in [0.5, 0.6) is 0 Å². The highest BCUT2D eigenvalue weighted by Crippen LogP contribution is 2.33. The Hall–Kier alpha value is -3.22. The SMILES string of the molecule is Cc1ccc2nc([C@H]3CCCN3C(=O)c3cnn4cc(C)cnc34)[nH]c2c1. The van der Waals surface area contributed by atoms with Crippen molar-refractivity contribution < 1.29 is 4.79 Å². The minimum absolute atomic E-state index is 0.0412. The third kappa shape index (κ3) is 2.58. The summed E-state index contributed by atoms with van der Waals surface area (Å²) >= 11 is 0. The summed E-state index contributed by atoms with van der Waals surface area (Å²) in [6.45, 7) is 4.73. The van der Waals surface area contributed by atoms with Crippen LogP contribution < -0.4 is 0 Å². The number of aryl methyl sites for hydroxylation is 2. The van der Waals surface area contributed by atoms with Crippen molar-refractivity contribution in [2.45, 2.75) is 32.7 Å². The van der Waals surface area contributed by atoms with Crippen LogP contribution in [0.1, 0.15) is 46.2 Å². The molecule has 1 aromatic carbocycles. The van der Waals surface area contributed by atoms with E-state index in [4.69, 9.17) is 4.98 Å². The first kappa shape index (κ1) is 16.0. The van der Waals surface area contributed by atoms with Gasteiger partial charge < -0.3 is 9.88 Å². The number of benzene rings is 1. The molecule has 0 bridgehead atoms. The predicted octanol–water partition coefficient (Wildman–Crippen LogP) is 3.20. The monoisotopic (exact) mass is 360 g/mol. The molecule has 0 unspecified atom stereocenters. The molecule has 27 heavy (non-hydrogen) atoms. The lowest BCUT2D eigenvalue weighted by atomic mass is 10.2. The minimum Gasteiger partial charge on any atom is -0.340 e. The van der Waals surface area contributed by atoms with Gasteiger partial charge in [0.25, 0.3) is 5.91 Å². The molecule has 0 aliphatic carbocycles. The second kappa shape index (κ2) is 5.90. The largest absolute Gasteiger partial charge is 0.340 e. The van der Waals surface area contributed by atoms with Crippen LogP contribution in [0.2, 0.25) is 0 Å². The van der Waals surface area contributed by atoms with Gasteiger partial charge in [0.05, 0.1) is 23.3 Å². The molecule has 4 aromatic rings. The van der Waals surface area contributed by atoms with Crippen molar-refractivity contribution in [1.82, 2.24) is 29.5 Å². The van der Waals surface area contributed by atoms with Crippen molar-refractivity contribution in [1.29, 1.82) is 0 Å². The van der Waals surface area contributed by atoms with Gasteiger partial charge in [0.2, 0.25) is 0 Å². The number of H-pyrrole nitrogens is 1. The van der Waals surface area contributed by atoms with Gasteiger partial charge in [-0.1, -0.05) is 6.07 Å². The van der Waals surface area contributed by atoms with Crippen LogP contribution in [-0.4, -0.2) is 41.9 Å². The summed E-state index contributed by atoms with van der Waals surface area (Å²) in [5.41, 5.74) is 5.26. The van der Waals surface area contributed by atoms with Crippen molar-refractivity contribution in [3.05, 3.63) is 59.3 Å². The van der Waals surface area contributed by atoms with Crippen LogP contribution in [0, 0.1) is 13.8 Å². The molecule has 0 saturated carbocycles. The van der Waals surface area contributed by atoms with Gasteiger partial charge in [0.1, 0.15) is 11.4 Å². The van der Waals surface area contributed by atoms with Crippen LogP contribution in [0.25, 0.3) is 16.7 Å². The number of aromatic nitrogens is 5. The summed E-state index contributed by atoms with van der Waals surface area (Å²) in [6.07, 6.45) is 7.11. The Kier molecular flexibility index (Phi) is 3.50. The number of imidazole rings is 1. The number of fused-ring (bicyclic) bond motifs is 2. The summed E-state index contributed by atoms with van der Waals surface area (Å²) in [5.74, 6) is 0.808. The zero-order chi connectivity index (χ0) is 18.5. The highest BCUT2D eigenvalue weighted by atomic mass is 16.2. The van der Waals surface area contributed by atoms with E-state index in [-0.39, 0.29) is 11.9 Å². The molecule has 136 valence electrons. The topological polar surface area (TPSA) is 79.2 Å². The van der Waals surface area contributed by atoms with E-state index in [0.29, 0.717) is 17.8 Å². The first-order valence-electron chi connectivity index (χ1n) is 9.17. The summed E-state index contributed by atoms with van der Waals surface area (Å²) < 4.78 is 1.66. The second-order valence-electron chi connectivity index (χ2n) is 7.26. The molecule has 1 saturated heterocycles. The molecule has 3 aromatic heterocycles. The third-order valence-corrected chi connectivity index (χ3v) is 5.20. The average molecular weight is 360 g/mol. The summed E-state index contributed by atoms with van der Waals surface area (Å²) in [7, 11) is 0. The van der Waals surface area contributed by atoms with Crippen molar-refractivity contribution >= 4 is 22.6 Å². The highest BCUT2D eigenvalue weighted by molar-refractivity contribution is 6.00. The lowest BCUT2D eigenvalue weighted by Gasteiger charge is -2.22. The molecule has 1 amide bonds. The number of likely N-dealkylation sites (tertiary alicyclic amines) is 1. The number of rotatable bonds is 2. The maximum Gasteiger partial charge on any atom is 0.259 e. The molecular formula is C20H20N6O. The molecule has 1 aliphatic rings. The Balaban J connectivity index is 1.51. The van der Waals surface area contributed by atoms with Gasteiger partial charge in [0, 0.05) is 18.9 Å². The molecule has 0 radical (unpaired) electrons. The van der Waals surface area contributed by atoms with Gasteiger partial charge >= 0.3 is 0 Å². The molecule has 7 nitrogen and oxygen atoms in total. The maximum atomic E-state index is 13.3. The third-order valence-electron chi connectivity index (χ3n) is 5.20. The van der Waals surface area contributed by atoms with Gasteiger partial charge in [-0.15, -0.1) is 0 Å². The van der Waals surface area contributed by atoms with Gasteiger partial charge in [-0.25, -0.2) is 14.5 Å². The van der Waals surface area contributed by atoms with Crippen molar-refractivity contribution in [2.75, 3.05) is 6.54 Å². The van der Waals surface area contributed by atoms with Crippen LogP contribution >= 0.6 is 0 Å². The number of carbonyl (C=O) groups is 1. The zero-order valence-corrected chi connectivity index (χ0v) is 15.3. The highest BCUT2D eigenvalue weighted by Gasteiger charge is 2.34. The molecule has 0 spiro atoms. The van der Waals surface area contributed by atoms with Gasteiger partial charge in [0.15, 0.2) is 5.65 Å². The first-order valence-corrected chi connectivity index (χ1v) is 9.17. The number of amides is 1. The van der Waals surface area contributed by atoms with Crippen LogP contribution in [0.15, 0.2) is 36.8 Å². The Morgan fingerprint density at radius 2 is 2.11 bits per heavy atom.